The molecule has 1 aromatic carbocycles. The zero-order valence-electron chi connectivity index (χ0n) is 11.4. The third-order valence-corrected chi connectivity index (χ3v) is 4.04. The standard InChI is InChI=1S/C15H21N3O/c1-2-18(12-5-3-4-6-12)10-15-17-13-9-11(16)7-8-14(13)19-15/h7-9,12H,2-6,10,16H2,1H3. The van der Waals surface area contributed by atoms with Crippen LogP contribution in [0.4, 0.5) is 5.69 Å². The van der Waals surface area contributed by atoms with Gasteiger partial charge in [-0.2, -0.15) is 0 Å². The molecule has 0 radical (unpaired) electrons. The zero-order valence-corrected chi connectivity index (χ0v) is 11.4. The summed E-state index contributed by atoms with van der Waals surface area (Å²) in [5.41, 5.74) is 8.18. The Morgan fingerprint density at radius 1 is 1.37 bits per heavy atom. The van der Waals surface area contributed by atoms with Gasteiger partial charge in [-0.05, 0) is 37.6 Å². The molecule has 2 aromatic rings. The molecule has 1 heterocycles. The van der Waals surface area contributed by atoms with Gasteiger partial charge in [0.1, 0.15) is 5.52 Å². The molecule has 0 bridgehead atoms. The van der Waals surface area contributed by atoms with Gasteiger partial charge in [-0.25, -0.2) is 4.98 Å². The van der Waals surface area contributed by atoms with Crippen LogP contribution in [0.5, 0.6) is 0 Å². The fraction of sp³-hybridized carbons (Fsp3) is 0.533. The highest BCUT2D eigenvalue weighted by atomic mass is 16.3. The number of benzene rings is 1. The van der Waals surface area contributed by atoms with Crippen molar-refractivity contribution in [2.75, 3.05) is 12.3 Å². The monoisotopic (exact) mass is 259 g/mol. The summed E-state index contributed by atoms with van der Waals surface area (Å²) in [5.74, 6) is 0.800. The number of hydrogen-bond donors (Lipinski definition) is 1. The maximum absolute atomic E-state index is 5.81. The van der Waals surface area contributed by atoms with Crippen molar-refractivity contribution in [1.82, 2.24) is 9.88 Å². The average Bonchev–Trinajstić information content (AvgIpc) is 3.04. The topological polar surface area (TPSA) is 55.3 Å². The summed E-state index contributed by atoms with van der Waals surface area (Å²) >= 11 is 0. The van der Waals surface area contributed by atoms with Gasteiger partial charge in [0.25, 0.3) is 0 Å². The molecule has 0 spiro atoms. The first kappa shape index (κ1) is 12.5. The summed E-state index contributed by atoms with van der Waals surface area (Å²) in [6, 6.07) is 6.32. The highest BCUT2D eigenvalue weighted by Gasteiger charge is 2.22. The van der Waals surface area contributed by atoms with Crippen LogP contribution in [0, 0.1) is 0 Å². The Hall–Kier alpha value is -1.55. The number of hydrogen-bond acceptors (Lipinski definition) is 4. The van der Waals surface area contributed by atoms with Gasteiger partial charge in [0.15, 0.2) is 5.58 Å². The van der Waals surface area contributed by atoms with E-state index in [4.69, 9.17) is 10.2 Å². The molecule has 1 aliphatic rings. The van der Waals surface area contributed by atoms with Crippen LogP contribution in [-0.2, 0) is 6.54 Å². The Balaban J connectivity index is 1.79. The van der Waals surface area contributed by atoms with E-state index in [-0.39, 0.29) is 0 Å². The first-order valence-corrected chi connectivity index (χ1v) is 7.15. The van der Waals surface area contributed by atoms with Crippen molar-refractivity contribution in [2.24, 2.45) is 0 Å². The molecule has 1 saturated carbocycles. The van der Waals surface area contributed by atoms with E-state index >= 15 is 0 Å². The average molecular weight is 259 g/mol. The number of nitrogens with two attached hydrogens (primary N) is 1. The Kier molecular flexibility index (Phi) is 3.42. The van der Waals surface area contributed by atoms with Crippen molar-refractivity contribution in [2.45, 2.75) is 45.2 Å². The van der Waals surface area contributed by atoms with Crippen LogP contribution in [0.1, 0.15) is 38.5 Å². The maximum atomic E-state index is 5.81. The first-order valence-electron chi connectivity index (χ1n) is 7.15. The smallest absolute Gasteiger partial charge is 0.209 e. The highest BCUT2D eigenvalue weighted by Crippen LogP contribution is 2.25. The number of aromatic nitrogens is 1. The lowest BCUT2D eigenvalue weighted by Gasteiger charge is -2.25. The van der Waals surface area contributed by atoms with Crippen LogP contribution in [0.15, 0.2) is 22.6 Å². The molecule has 19 heavy (non-hydrogen) atoms. The van der Waals surface area contributed by atoms with Gasteiger partial charge < -0.3 is 10.2 Å². The Labute approximate surface area is 113 Å². The molecule has 4 heteroatoms. The Bertz CT molecular complexity index is 558. The summed E-state index contributed by atoms with van der Waals surface area (Å²) in [7, 11) is 0. The fourth-order valence-corrected chi connectivity index (χ4v) is 3.00. The summed E-state index contributed by atoms with van der Waals surface area (Å²) < 4.78 is 5.81. The third kappa shape index (κ3) is 2.59. The van der Waals surface area contributed by atoms with Crippen molar-refractivity contribution in [3.8, 4) is 0 Å². The van der Waals surface area contributed by atoms with Crippen molar-refractivity contribution < 1.29 is 4.42 Å². The van der Waals surface area contributed by atoms with Gasteiger partial charge in [0, 0.05) is 11.7 Å². The summed E-state index contributed by atoms with van der Waals surface area (Å²) in [4.78, 5) is 7.02. The van der Waals surface area contributed by atoms with Gasteiger partial charge in [-0.3, -0.25) is 4.90 Å². The molecular formula is C15H21N3O. The van der Waals surface area contributed by atoms with Crippen molar-refractivity contribution in [3.63, 3.8) is 0 Å². The van der Waals surface area contributed by atoms with Crippen molar-refractivity contribution in [1.29, 1.82) is 0 Å². The summed E-state index contributed by atoms with van der Waals surface area (Å²) in [6.07, 6.45) is 5.32. The molecule has 4 nitrogen and oxygen atoms in total. The molecule has 1 aromatic heterocycles. The number of nitrogen functional groups attached to an aromatic ring is 1. The normalized spacial score (nSPS) is 16.7. The highest BCUT2D eigenvalue weighted by molar-refractivity contribution is 5.76. The van der Waals surface area contributed by atoms with Gasteiger partial charge in [-0.15, -0.1) is 0 Å². The van der Waals surface area contributed by atoms with Crippen molar-refractivity contribution in [3.05, 3.63) is 24.1 Å². The van der Waals surface area contributed by atoms with Crippen LogP contribution < -0.4 is 5.73 Å². The van der Waals surface area contributed by atoms with Crippen molar-refractivity contribution >= 4 is 16.8 Å². The first-order chi connectivity index (χ1) is 9.26. The van der Waals surface area contributed by atoms with Gasteiger partial charge >= 0.3 is 0 Å². The van der Waals surface area contributed by atoms with E-state index < -0.39 is 0 Å². The number of fused-ring (bicyclic) bond motifs is 1. The van der Waals surface area contributed by atoms with E-state index in [1.54, 1.807) is 0 Å². The lowest BCUT2D eigenvalue weighted by atomic mass is 10.2. The molecule has 2 N–H and O–H groups in total. The largest absolute Gasteiger partial charge is 0.439 e. The third-order valence-electron chi connectivity index (χ3n) is 4.04. The molecule has 102 valence electrons. The van der Waals surface area contributed by atoms with Gasteiger partial charge in [-0.1, -0.05) is 19.8 Å². The molecule has 0 aliphatic heterocycles. The second kappa shape index (κ2) is 5.21. The van der Waals surface area contributed by atoms with Crippen LogP contribution in [0.2, 0.25) is 0 Å². The van der Waals surface area contributed by atoms with E-state index in [2.05, 4.69) is 16.8 Å². The minimum atomic E-state index is 0.699. The molecule has 3 rings (SSSR count). The van der Waals surface area contributed by atoms with Crippen LogP contribution in [0.25, 0.3) is 11.1 Å². The molecule has 1 fully saturated rings. The second-order valence-corrected chi connectivity index (χ2v) is 5.34. The number of rotatable bonds is 4. The fourth-order valence-electron chi connectivity index (χ4n) is 3.00. The SMILES string of the molecule is CCN(Cc1nc2cc(N)ccc2o1)C1CCCC1. The predicted molar refractivity (Wildman–Crippen MR) is 76.8 cm³/mol. The van der Waals surface area contributed by atoms with Crippen LogP contribution in [-0.4, -0.2) is 22.5 Å². The molecule has 0 saturated heterocycles. The minimum Gasteiger partial charge on any atom is -0.439 e. The Morgan fingerprint density at radius 3 is 2.89 bits per heavy atom. The summed E-state index contributed by atoms with van der Waals surface area (Å²) in [5, 5.41) is 0. The number of oxazole rings is 1. The van der Waals surface area contributed by atoms with E-state index in [9.17, 15) is 0 Å². The molecular weight excluding hydrogens is 238 g/mol. The molecule has 1 aliphatic carbocycles. The number of anilines is 1. The van der Waals surface area contributed by atoms with E-state index in [1.807, 2.05) is 18.2 Å². The Morgan fingerprint density at radius 2 is 2.16 bits per heavy atom. The van der Waals surface area contributed by atoms with Crippen LogP contribution in [0.3, 0.4) is 0 Å². The molecule has 0 unspecified atom stereocenters. The molecule has 0 amide bonds. The van der Waals surface area contributed by atoms with E-state index in [0.29, 0.717) is 6.04 Å². The quantitative estimate of drug-likeness (QED) is 0.857. The maximum Gasteiger partial charge on any atom is 0.209 e. The van der Waals surface area contributed by atoms with E-state index in [1.165, 1.54) is 25.7 Å². The number of nitrogens with zero attached hydrogens (tertiary/aromatic N) is 2. The van der Waals surface area contributed by atoms with Gasteiger partial charge in [0.2, 0.25) is 5.89 Å². The second-order valence-electron chi connectivity index (χ2n) is 5.34. The van der Waals surface area contributed by atoms with Gasteiger partial charge in [0.05, 0.1) is 6.54 Å². The minimum absolute atomic E-state index is 0.699. The predicted octanol–water partition coefficient (Wildman–Crippen LogP) is 3.17. The molecule has 0 atom stereocenters. The lowest BCUT2D eigenvalue weighted by molar-refractivity contribution is 0.183. The van der Waals surface area contributed by atoms with Crippen LogP contribution >= 0.6 is 0 Å². The zero-order chi connectivity index (χ0) is 13.2. The van der Waals surface area contributed by atoms with E-state index in [0.717, 1.165) is 35.8 Å². The lowest BCUT2D eigenvalue weighted by Crippen LogP contribution is -2.32. The summed E-state index contributed by atoms with van der Waals surface area (Å²) in [6.45, 7) is 4.06.